The minimum absolute atomic E-state index is 0.0814. The number of allylic oxidation sites excluding steroid dienone is 1. The number of nitrogens with zero attached hydrogens (tertiary/aromatic N) is 3. The number of hydrogen-bond acceptors (Lipinski definition) is 6. The Morgan fingerprint density at radius 2 is 1.86 bits per heavy atom. The Kier molecular flexibility index (Phi) is 5.35. The van der Waals surface area contributed by atoms with Crippen molar-refractivity contribution in [2.24, 2.45) is 4.99 Å². The molecular formula is C27H17ClN3O4S-. The van der Waals surface area contributed by atoms with Gasteiger partial charge in [0.25, 0.3) is 11.2 Å². The molecule has 3 aromatic carbocycles. The number of aromatic nitrogens is 1. The van der Waals surface area contributed by atoms with Crippen LogP contribution in [0.15, 0.2) is 82.1 Å². The SMILES string of the molecule is O=c1/c(=C/c2cc([N+](=O)[O-])ccc2[O-])sc2n1[C@H](c1ccccc1Cl)C1=C(N=2)c2ccccc2CC1. The van der Waals surface area contributed by atoms with Crippen LogP contribution in [-0.2, 0) is 6.42 Å². The maximum atomic E-state index is 13.7. The molecule has 1 aromatic heterocycles. The molecule has 4 aromatic rings. The second kappa shape index (κ2) is 8.58. The van der Waals surface area contributed by atoms with Gasteiger partial charge in [0, 0.05) is 22.7 Å². The smallest absolute Gasteiger partial charge is 0.271 e. The number of aryl methyl sites for hydroxylation is 1. The van der Waals surface area contributed by atoms with Gasteiger partial charge in [-0.15, -0.1) is 5.75 Å². The molecule has 0 radical (unpaired) electrons. The van der Waals surface area contributed by atoms with Gasteiger partial charge >= 0.3 is 0 Å². The summed E-state index contributed by atoms with van der Waals surface area (Å²) in [5, 5.41) is 24.2. The van der Waals surface area contributed by atoms with Gasteiger partial charge in [-0.2, -0.15) is 0 Å². The lowest BCUT2D eigenvalue weighted by molar-refractivity contribution is -0.385. The first kappa shape index (κ1) is 22.5. The molecule has 2 heterocycles. The summed E-state index contributed by atoms with van der Waals surface area (Å²) in [6.07, 6.45) is 2.97. The molecule has 0 spiro atoms. The molecule has 9 heteroatoms. The predicted molar refractivity (Wildman–Crippen MR) is 137 cm³/mol. The second-order valence-corrected chi connectivity index (χ2v) is 10.0. The summed E-state index contributed by atoms with van der Waals surface area (Å²) in [5.74, 6) is -0.401. The van der Waals surface area contributed by atoms with E-state index in [2.05, 4.69) is 6.07 Å². The van der Waals surface area contributed by atoms with Crippen LogP contribution in [0.1, 0.15) is 34.7 Å². The van der Waals surface area contributed by atoms with Crippen molar-refractivity contribution in [2.45, 2.75) is 18.9 Å². The number of rotatable bonds is 3. The van der Waals surface area contributed by atoms with Crippen molar-refractivity contribution in [3.05, 3.63) is 129 Å². The van der Waals surface area contributed by atoms with Crippen LogP contribution < -0.4 is 20.0 Å². The number of nitro groups is 1. The van der Waals surface area contributed by atoms with E-state index >= 15 is 0 Å². The summed E-state index contributed by atoms with van der Waals surface area (Å²) in [7, 11) is 0. The summed E-state index contributed by atoms with van der Waals surface area (Å²) in [4.78, 5) is 29.8. The normalized spacial score (nSPS) is 16.7. The molecule has 0 fully saturated rings. The third-order valence-electron chi connectivity index (χ3n) is 6.56. The van der Waals surface area contributed by atoms with E-state index in [-0.39, 0.29) is 21.3 Å². The Morgan fingerprint density at radius 3 is 2.67 bits per heavy atom. The Hall–Kier alpha value is -4.01. The molecule has 2 aliphatic rings. The molecule has 0 bridgehead atoms. The van der Waals surface area contributed by atoms with Crippen LogP contribution in [0.5, 0.6) is 5.75 Å². The van der Waals surface area contributed by atoms with E-state index in [0.717, 1.165) is 58.7 Å². The van der Waals surface area contributed by atoms with Gasteiger partial charge in [0.1, 0.15) is 0 Å². The largest absolute Gasteiger partial charge is 0.872 e. The lowest BCUT2D eigenvalue weighted by Crippen LogP contribution is -2.38. The first-order valence-corrected chi connectivity index (χ1v) is 12.4. The fourth-order valence-corrected chi connectivity index (χ4v) is 6.13. The van der Waals surface area contributed by atoms with E-state index in [1.165, 1.54) is 17.7 Å². The molecule has 1 atom stereocenters. The van der Waals surface area contributed by atoms with Gasteiger partial charge in [-0.05, 0) is 47.2 Å². The van der Waals surface area contributed by atoms with Crippen LogP contribution in [0.25, 0.3) is 11.8 Å². The molecule has 36 heavy (non-hydrogen) atoms. The number of fused-ring (bicyclic) bond motifs is 3. The van der Waals surface area contributed by atoms with Gasteiger partial charge in [-0.3, -0.25) is 19.5 Å². The highest BCUT2D eigenvalue weighted by Gasteiger charge is 2.33. The zero-order valence-corrected chi connectivity index (χ0v) is 20.3. The number of halogens is 1. The molecule has 0 unspecified atom stereocenters. The van der Waals surface area contributed by atoms with Crippen molar-refractivity contribution in [1.29, 1.82) is 0 Å². The second-order valence-electron chi connectivity index (χ2n) is 8.61. The van der Waals surface area contributed by atoms with Crippen molar-refractivity contribution in [3.8, 4) is 5.75 Å². The Morgan fingerprint density at radius 1 is 1.08 bits per heavy atom. The van der Waals surface area contributed by atoms with E-state index < -0.39 is 16.7 Å². The Balaban J connectivity index is 1.63. The molecule has 0 saturated carbocycles. The average Bonchev–Trinajstić information content (AvgIpc) is 3.19. The minimum Gasteiger partial charge on any atom is -0.872 e. The maximum absolute atomic E-state index is 13.7. The van der Waals surface area contributed by atoms with Crippen LogP contribution in [0.4, 0.5) is 5.69 Å². The lowest BCUT2D eigenvalue weighted by atomic mass is 9.83. The number of nitro benzene ring substituents is 1. The fourth-order valence-electron chi connectivity index (χ4n) is 4.90. The van der Waals surface area contributed by atoms with E-state index in [1.807, 2.05) is 36.4 Å². The molecule has 0 saturated heterocycles. The summed E-state index contributed by atoms with van der Waals surface area (Å²) >= 11 is 7.79. The third kappa shape index (κ3) is 3.57. The van der Waals surface area contributed by atoms with Crippen LogP contribution in [0.3, 0.4) is 0 Å². The van der Waals surface area contributed by atoms with Crippen molar-refractivity contribution in [2.75, 3.05) is 0 Å². The Bertz CT molecular complexity index is 1790. The fraction of sp³-hybridized carbons (Fsp3) is 0.111. The van der Waals surface area contributed by atoms with Crippen molar-refractivity contribution in [1.82, 2.24) is 4.57 Å². The Labute approximate surface area is 213 Å². The van der Waals surface area contributed by atoms with Gasteiger partial charge in [0.2, 0.25) is 0 Å². The maximum Gasteiger partial charge on any atom is 0.271 e. The number of hydrogen-bond donors (Lipinski definition) is 0. The standard InChI is InChI=1S/C27H18ClN3O4S/c28-21-8-4-3-7-19(21)25-20-11-9-15-5-1-2-6-18(15)24(20)29-27-30(25)26(33)23(36-27)14-16-13-17(31(34)35)10-12-22(16)32/h1-8,10,12-14,25,32H,9,11H2/p-1/b23-14-/t25-/m1/s1. The first-order valence-electron chi connectivity index (χ1n) is 11.3. The number of non-ortho nitro benzene ring substituents is 1. The average molecular weight is 515 g/mol. The lowest BCUT2D eigenvalue weighted by Gasteiger charge is -2.31. The summed E-state index contributed by atoms with van der Waals surface area (Å²) < 4.78 is 1.91. The van der Waals surface area contributed by atoms with Gasteiger partial charge in [0.15, 0.2) is 4.80 Å². The molecule has 6 rings (SSSR count). The number of thiazole rings is 1. The van der Waals surface area contributed by atoms with E-state index in [0.29, 0.717) is 9.82 Å². The topological polar surface area (TPSA) is 101 Å². The quantitative estimate of drug-likeness (QED) is 0.305. The molecule has 0 amide bonds. The molecule has 1 aliphatic carbocycles. The summed E-state index contributed by atoms with van der Waals surface area (Å²) in [6.45, 7) is 0. The summed E-state index contributed by atoms with van der Waals surface area (Å²) in [6, 6.07) is 18.6. The monoisotopic (exact) mass is 514 g/mol. The van der Waals surface area contributed by atoms with Crippen molar-refractivity contribution in [3.63, 3.8) is 0 Å². The third-order valence-corrected chi connectivity index (χ3v) is 7.89. The van der Waals surface area contributed by atoms with Crippen molar-refractivity contribution >= 4 is 40.4 Å². The highest BCUT2D eigenvalue weighted by Crippen LogP contribution is 2.42. The van der Waals surface area contributed by atoms with E-state index in [4.69, 9.17) is 16.6 Å². The van der Waals surface area contributed by atoms with Crippen LogP contribution in [-0.4, -0.2) is 9.49 Å². The molecule has 1 aliphatic heterocycles. The highest BCUT2D eigenvalue weighted by atomic mass is 35.5. The van der Waals surface area contributed by atoms with Crippen LogP contribution in [0.2, 0.25) is 5.02 Å². The zero-order valence-electron chi connectivity index (χ0n) is 18.7. The predicted octanol–water partition coefficient (Wildman–Crippen LogP) is 3.95. The van der Waals surface area contributed by atoms with Gasteiger partial charge < -0.3 is 5.11 Å². The number of benzene rings is 3. The van der Waals surface area contributed by atoms with Crippen LogP contribution >= 0.6 is 22.9 Å². The summed E-state index contributed by atoms with van der Waals surface area (Å²) in [5.41, 5.74) is 4.44. The van der Waals surface area contributed by atoms with Gasteiger partial charge in [0.05, 0.1) is 21.2 Å². The van der Waals surface area contributed by atoms with Gasteiger partial charge in [-0.1, -0.05) is 71.5 Å². The highest BCUT2D eigenvalue weighted by molar-refractivity contribution is 7.07. The molecule has 178 valence electrons. The molecule has 7 nitrogen and oxygen atoms in total. The van der Waals surface area contributed by atoms with Gasteiger partial charge in [-0.25, -0.2) is 4.99 Å². The van der Waals surface area contributed by atoms with E-state index in [1.54, 1.807) is 10.6 Å². The van der Waals surface area contributed by atoms with E-state index in [9.17, 15) is 20.0 Å². The first-order chi connectivity index (χ1) is 17.4. The zero-order chi connectivity index (χ0) is 25.0. The molecule has 0 N–H and O–H groups in total. The molecular weight excluding hydrogens is 498 g/mol. The van der Waals surface area contributed by atoms with Crippen LogP contribution in [0, 0.1) is 10.1 Å². The minimum atomic E-state index is -0.568. The van der Waals surface area contributed by atoms with Crippen molar-refractivity contribution < 1.29 is 10.0 Å².